The van der Waals surface area contributed by atoms with Gasteiger partial charge in [-0.05, 0) is 37.6 Å². The fraction of sp³-hybridized carbons (Fsp3) is 0.300. The molecule has 6 heteroatoms. The summed E-state index contributed by atoms with van der Waals surface area (Å²) < 4.78 is 10.6. The Morgan fingerprint density at radius 2 is 1.73 bits per heavy atom. The standard InChI is InChI=1S/C20H22N2O4/c1-3-22(4-2)20(24)18(14-8-6-5-7-9-14)21-19(23)15-10-11-16-17(12-15)26-13-25-16/h5-12,18H,3-4,13H2,1-2H3,(H,21,23)/t18-/m0/s1. The lowest BCUT2D eigenvalue weighted by molar-refractivity contribution is -0.133. The SMILES string of the molecule is CCN(CC)C(=O)[C@@H](NC(=O)c1ccc2c(c1)OCO2)c1ccccc1. The fourth-order valence-electron chi connectivity index (χ4n) is 2.90. The molecule has 6 nitrogen and oxygen atoms in total. The van der Waals surface area contributed by atoms with Crippen LogP contribution in [-0.2, 0) is 4.79 Å². The van der Waals surface area contributed by atoms with Gasteiger partial charge in [0.25, 0.3) is 5.91 Å². The van der Waals surface area contributed by atoms with Crippen LogP contribution in [0.5, 0.6) is 11.5 Å². The zero-order chi connectivity index (χ0) is 18.5. The number of nitrogens with zero attached hydrogens (tertiary/aromatic N) is 1. The molecule has 2 aromatic rings. The first kappa shape index (κ1) is 17.8. The zero-order valence-electron chi connectivity index (χ0n) is 14.9. The molecule has 2 amide bonds. The van der Waals surface area contributed by atoms with E-state index in [4.69, 9.17) is 9.47 Å². The van der Waals surface area contributed by atoms with Crippen molar-refractivity contribution in [3.05, 3.63) is 59.7 Å². The molecule has 1 aliphatic rings. The van der Waals surface area contributed by atoms with Crippen LogP contribution in [0.4, 0.5) is 0 Å². The molecule has 1 atom stereocenters. The maximum atomic E-state index is 12.9. The van der Waals surface area contributed by atoms with E-state index in [1.54, 1.807) is 23.1 Å². The molecular weight excluding hydrogens is 332 g/mol. The van der Waals surface area contributed by atoms with Gasteiger partial charge in [-0.25, -0.2) is 0 Å². The Morgan fingerprint density at radius 3 is 2.42 bits per heavy atom. The van der Waals surface area contributed by atoms with Crippen molar-refractivity contribution in [3.8, 4) is 11.5 Å². The monoisotopic (exact) mass is 354 g/mol. The van der Waals surface area contributed by atoms with Gasteiger partial charge in [0.1, 0.15) is 6.04 Å². The highest BCUT2D eigenvalue weighted by Crippen LogP contribution is 2.32. The van der Waals surface area contributed by atoms with Crippen molar-refractivity contribution in [1.82, 2.24) is 10.2 Å². The molecule has 2 aromatic carbocycles. The summed E-state index contributed by atoms with van der Waals surface area (Å²) in [4.78, 5) is 27.4. The third-order valence-electron chi connectivity index (χ3n) is 4.37. The lowest BCUT2D eigenvalue weighted by Gasteiger charge is -2.26. The van der Waals surface area contributed by atoms with Crippen LogP contribution in [0.1, 0.15) is 35.8 Å². The Labute approximate surface area is 152 Å². The van der Waals surface area contributed by atoms with Crippen molar-refractivity contribution in [3.63, 3.8) is 0 Å². The molecule has 1 aliphatic heterocycles. The van der Waals surface area contributed by atoms with Gasteiger partial charge in [-0.3, -0.25) is 9.59 Å². The second-order valence-corrected chi connectivity index (χ2v) is 5.90. The van der Waals surface area contributed by atoms with Gasteiger partial charge in [-0.1, -0.05) is 30.3 Å². The maximum Gasteiger partial charge on any atom is 0.252 e. The normalized spacial score (nSPS) is 13.2. The van der Waals surface area contributed by atoms with Gasteiger partial charge in [-0.15, -0.1) is 0 Å². The molecule has 136 valence electrons. The summed E-state index contributed by atoms with van der Waals surface area (Å²) in [6, 6.07) is 13.5. The number of carbonyl (C=O) groups is 2. The molecule has 0 aromatic heterocycles. The number of amides is 2. The predicted octanol–water partition coefficient (Wildman–Crippen LogP) is 2.75. The van der Waals surface area contributed by atoms with E-state index in [9.17, 15) is 9.59 Å². The van der Waals surface area contributed by atoms with Crippen LogP contribution in [0.3, 0.4) is 0 Å². The summed E-state index contributed by atoms with van der Waals surface area (Å²) in [6.07, 6.45) is 0. The fourth-order valence-corrected chi connectivity index (χ4v) is 2.90. The number of ether oxygens (including phenoxy) is 2. The molecule has 26 heavy (non-hydrogen) atoms. The minimum atomic E-state index is -0.742. The van der Waals surface area contributed by atoms with Crippen molar-refractivity contribution < 1.29 is 19.1 Å². The average Bonchev–Trinajstić information content (AvgIpc) is 3.15. The Bertz CT molecular complexity index is 788. The van der Waals surface area contributed by atoms with E-state index in [2.05, 4.69) is 5.32 Å². The van der Waals surface area contributed by atoms with E-state index >= 15 is 0 Å². The number of benzene rings is 2. The molecule has 0 fully saturated rings. The van der Waals surface area contributed by atoms with Crippen LogP contribution in [-0.4, -0.2) is 36.6 Å². The number of hydrogen-bond donors (Lipinski definition) is 1. The van der Waals surface area contributed by atoms with Crippen molar-refractivity contribution in [2.45, 2.75) is 19.9 Å². The van der Waals surface area contributed by atoms with Crippen molar-refractivity contribution >= 4 is 11.8 Å². The van der Waals surface area contributed by atoms with Crippen LogP contribution in [0.25, 0.3) is 0 Å². The first-order valence-corrected chi connectivity index (χ1v) is 8.68. The largest absolute Gasteiger partial charge is 0.454 e. The first-order chi connectivity index (χ1) is 12.6. The van der Waals surface area contributed by atoms with Crippen LogP contribution in [0.15, 0.2) is 48.5 Å². The smallest absolute Gasteiger partial charge is 0.252 e. The Hall–Kier alpha value is -3.02. The van der Waals surface area contributed by atoms with Gasteiger partial charge in [0.05, 0.1) is 0 Å². The summed E-state index contributed by atoms with van der Waals surface area (Å²) in [7, 11) is 0. The van der Waals surface area contributed by atoms with Crippen LogP contribution in [0, 0.1) is 0 Å². The summed E-state index contributed by atoms with van der Waals surface area (Å²) >= 11 is 0. The van der Waals surface area contributed by atoms with E-state index in [1.165, 1.54) is 0 Å². The summed E-state index contributed by atoms with van der Waals surface area (Å²) in [5, 5.41) is 2.86. The number of fused-ring (bicyclic) bond motifs is 1. The van der Waals surface area contributed by atoms with E-state index < -0.39 is 6.04 Å². The molecule has 0 spiro atoms. The minimum Gasteiger partial charge on any atom is -0.454 e. The molecule has 1 heterocycles. The van der Waals surface area contributed by atoms with Crippen LogP contribution < -0.4 is 14.8 Å². The van der Waals surface area contributed by atoms with Crippen molar-refractivity contribution in [2.24, 2.45) is 0 Å². The second kappa shape index (κ2) is 7.91. The zero-order valence-corrected chi connectivity index (χ0v) is 14.9. The number of hydrogen-bond acceptors (Lipinski definition) is 4. The third kappa shape index (κ3) is 3.64. The maximum absolute atomic E-state index is 12.9. The van der Waals surface area contributed by atoms with Gasteiger partial charge in [0.15, 0.2) is 11.5 Å². The molecular formula is C20H22N2O4. The Kier molecular flexibility index (Phi) is 5.41. The van der Waals surface area contributed by atoms with Crippen molar-refractivity contribution in [2.75, 3.05) is 19.9 Å². The van der Waals surface area contributed by atoms with Gasteiger partial charge in [0.2, 0.25) is 12.7 Å². The number of likely N-dealkylation sites (N-methyl/N-ethyl adjacent to an activating group) is 1. The topological polar surface area (TPSA) is 67.9 Å². The number of rotatable bonds is 6. The van der Waals surface area contributed by atoms with Gasteiger partial charge in [0, 0.05) is 18.7 Å². The highest BCUT2D eigenvalue weighted by Gasteiger charge is 2.27. The minimum absolute atomic E-state index is 0.129. The lowest BCUT2D eigenvalue weighted by Crippen LogP contribution is -2.42. The average molecular weight is 354 g/mol. The summed E-state index contributed by atoms with van der Waals surface area (Å²) in [5.41, 5.74) is 1.17. The van der Waals surface area contributed by atoms with Crippen LogP contribution in [0.2, 0.25) is 0 Å². The number of nitrogens with one attached hydrogen (secondary N) is 1. The Morgan fingerprint density at radius 1 is 1.04 bits per heavy atom. The summed E-state index contributed by atoms with van der Waals surface area (Å²) in [6.45, 7) is 5.15. The van der Waals surface area contributed by atoms with Crippen LogP contribution >= 0.6 is 0 Å². The first-order valence-electron chi connectivity index (χ1n) is 8.68. The van der Waals surface area contributed by atoms with Gasteiger partial charge >= 0.3 is 0 Å². The predicted molar refractivity (Wildman–Crippen MR) is 97.1 cm³/mol. The van der Waals surface area contributed by atoms with Gasteiger partial charge in [-0.2, -0.15) is 0 Å². The second-order valence-electron chi connectivity index (χ2n) is 5.90. The molecule has 0 aliphatic carbocycles. The Balaban J connectivity index is 1.85. The van der Waals surface area contributed by atoms with E-state index in [1.807, 2.05) is 44.2 Å². The number of carbonyl (C=O) groups excluding carboxylic acids is 2. The molecule has 0 saturated carbocycles. The highest BCUT2D eigenvalue weighted by atomic mass is 16.7. The quantitative estimate of drug-likeness (QED) is 0.866. The van der Waals surface area contributed by atoms with E-state index in [0.717, 1.165) is 5.56 Å². The molecule has 0 unspecified atom stereocenters. The van der Waals surface area contributed by atoms with E-state index in [-0.39, 0.29) is 18.6 Å². The van der Waals surface area contributed by atoms with E-state index in [0.29, 0.717) is 30.2 Å². The van der Waals surface area contributed by atoms with Crippen molar-refractivity contribution in [1.29, 1.82) is 0 Å². The lowest BCUT2D eigenvalue weighted by atomic mass is 10.0. The summed E-state index contributed by atoms with van der Waals surface area (Å²) in [5.74, 6) is 0.678. The molecule has 0 radical (unpaired) electrons. The molecule has 3 rings (SSSR count). The third-order valence-corrected chi connectivity index (χ3v) is 4.37. The molecule has 1 N–H and O–H groups in total. The highest BCUT2D eigenvalue weighted by molar-refractivity contribution is 5.98. The molecule has 0 bridgehead atoms. The molecule has 0 saturated heterocycles. The van der Waals surface area contributed by atoms with Gasteiger partial charge < -0.3 is 19.7 Å².